The Hall–Kier alpha value is -5.59. The largest absolute Gasteiger partial charge is 0.462 e. The van der Waals surface area contributed by atoms with Crippen molar-refractivity contribution in [3.63, 3.8) is 0 Å². The Bertz CT molecular complexity index is 1970. The number of hydrogen-bond donors (Lipinski definition) is 1. The summed E-state index contributed by atoms with van der Waals surface area (Å²) in [7, 11) is 0. The van der Waals surface area contributed by atoms with Crippen molar-refractivity contribution in [2.24, 2.45) is 11.8 Å². The zero-order valence-electron chi connectivity index (χ0n) is 37.4. The maximum Gasteiger partial charge on any atom is 0.337 e. The Kier molecular flexibility index (Phi) is 23.6. The summed E-state index contributed by atoms with van der Waals surface area (Å²) in [4.78, 5) is 38.5. The molecule has 6 heteroatoms. The van der Waals surface area contributed by atoms with Crippen LogP contribution < -0.4 is 0 Å². The second kappa shape index (κ2) is 28.8. The van der Waals surface area contributed by atoms with Gasteiger partial charge in [-0.15, -0.1) is 19.7 Å². The number of aldehydes is 1. The van der Waals surface area contributed by atoms with Gasteiger partial charge in [-0.3, -0.25) is 4.79 Å². The first-order valence-corrected chi connectivity index (χ1v) is 22.4. The normalized spacial score (nSPS) is 15.7. The number of esters is 2. The van der Waals surface area contributed by atoms with Crippen LogP contribution in [0.25, 0.3) is 11.1 Å². The third-order valence-corrected chi connectivity index (χ3v) is 11.3. The highest BCUT2D eigenvalue weighted by Crippen LogP contribution is 2.36. The van der Waals surface area contributed by atoms with Crippen LogP contribution in [-0.4, -0.2) is 43.2 Å². The Labute approximate surface area is 372 Å². The van der Waals surface area contributed by atoms with Crippen molar-refractivity contribution in [2.45, 2.75) is 103 Å². The van der Waals surface area contributed by atoms with Crippen LogP contribution in [0.1, 0.15) is 114 Å². The first-order chi connectivity index (χ1) is 30.1. The van der Waals surface area contributed by atoms with Crippen molar-refractivity contribution in [3.8, 4) is 0 Å². The maximum atomic E-state index is 13.2. The molecule has 0 bridgehead atoms. The molecule has 1 N–H and O–H groups in total. The van der Waals surface area contributed by atoms with Crippen LogP contribution in [0.2, 0.25) is 0 Å². The first kappa shape index (κ1) is 50.8. The summed E-state index contributed by atoms with van der Waals surface area (Å²) in [5, 5.41) is 9.11. The minimum atomic E-state index is -0.432. The molecule has 2 aliphatic rings. The van der Waals surface area contributed by atoms with Gasteiger partial charge in [0, 0.05) is 23.7 Å². The van der Waals surface area contributed by atoms with Gasteiger partial charge in [0.2, 0.25) is 0 Å². The Balaban J connectivity index is 1.70. The molecule has 2 aliphatic carbocycles. The summed E-state index contributed by atoms with van der Waals surface area (Å²) >= 11 is 0. The Morgan fingerprint density at radius 1 is 0.806 bits per heavy atom. The van der Waals surface area contributed by atoms with E-state index in [1.165, 1.54) is 5.57 Å². The SMILES string of the molecule is C=CCCCCOC(=O)C1=CCC(C(=O)OCCCCC=C)=CC(C(/C=C\C(=C)c2ccc(C3=CC(C=O)=CC(C(=C)CCCCC(C=C)C(=C)CCCCO)C3)cc2)=C/C)=C1. The molecule has 2 unspecified atom stereocenters. The molecule has 1 aromatic carbocycles. The van der Waals surface area contributed by atoms with E-state index in [0.29, 0.717) is 35.5 Å². The minimum absolute atomic E-state index is 0.0762. The molecule has 0 heterocycles. The zero-order chi connectivity index (χ0) is 45.1. The number of allylic oxidation sites excluding steroid dienone is 17. The second-order valence-corrected chi connectivity index (χ2v) is 16.0. The van der Waals surface area contributed by atoms with Crippen LogP contribution in [0.5, 0.6) is 0 Å². The van der Waals surface area contributed by atoms with Gasteiger partial charge in [0.05, 0.1) is 18.8 Å². The summed E-state index contributed by atoms with van der Waals surface area (Å²) in [6, 6.07) is 8.21. The van der Waals surface area contributed by atoms with Gasteiger partial charge in [-0.1, -0.05) is 110 Å². The van der Waals surface area contributed by atoms with Gasteiger partial charge in [-0.2, -0.15) is 0 Å². The molecule has 0 amide bonds. The Morgan fingerprint density at radius 3 is 2.11 bits per heavy atom. The summed E-state index contributed by atoms with van der Waals surface area (Å²) in [6.45, 7) is 27.3. The zero-order valence-corrected chi connectivity index (χ0v) is 37.4. The van der Waals surface area contributed by atoms with Gasteiger partial charge in [-0.05, 0) is 154 Å². The average molecular weight is 839 g/mol. The highest BCUT2D eigenvalue weighted by molar-refractivity contribution is 5.95. The van der Waals surface area contributed by atoms with Crippen LogP contribution in [0.3, 0.4) is 0 Å². The van der Waals surface area contributed by atoms with Crippen LogP contribution in [0.4, 0.5) is 0 Å². The third kappa shape index (κ3) is 17.4. The highest BCUT2D eigenvalue weighted by atomic mass is 16.5. The first-order valence-electron chi connectivity index (χ1n) is 22.4. The molecular formula is C56H70O6. The molecule has 330 valence electrons. The van der Waals surface area contributed by atoms with E-state index >= 15 is 0 Å². The van der Waals surface area contributed by atoms with Gasteiger partial charge < -0.3 is 14.6 Å². The minimum Gasteiger partial charge on any atom is -0.462 e. The van der Waals surface area contributed by atoms with Gasteiger partial charge in [0.25, 0.3) is 0 Å². The number of benzene rings is 1. The molecule has 0 saturated carbocycles. The molecule has 62 heavy (non-hydrogen) atoms. The van der Waals surface area contributed by atoms with Gasteiger partial charge >= 0.3 is 11.9 Å². The van der Waals surface area contributed by atoms with Crippen molar-refractivity contribution >= 4 is 29.4 Å². The average Bonchev–Trinajstić information content (AvgIpc) is 3.52. The molecular weight excluding hydrogens is 769 g/mol. The van der Waals surface area contributed by atoms with Crippen LogP contribution in [-0.2, 0) is 23.9 Å². The molecule has 0 saturated heterocycles. The van der Waals surface area contributed by atoms with Crippen LogP contribution in [0, 0.1) is 11.8 Å². The predicted molar refractivity (Wildman–Crippen MR) is 259 cm³/mol. The number of rotatable bonds is 30. The lowest BCUT2D eigenvalue weighted by Gasteiger charge is -2.23. The molecule has 6 nitrogen and oxygen atoms in total. The lowest BCUT2D eigenvalue weighted by atomic mass is 9.81. The van der Waals surface area contributed by atoms with E-state index < -0.39 is 11.9 Å². The van der Waals surface area contributed by atoms with Gasteiger partial charge in [0.1, 0.15) is 6.29 Å². The summed E-state index contributed by atoms with van der Waals surface area (Å²) < 4.78 is 11.2. The van der Waals surface area contributed by atoms with Crippen molar-refractivity contribution < 1.29 is 29.0 Å². The molecule has 0 aliphatic heterocycles. The summed E-state index contributed by atoms with van der Waals surface area (Å²) in [5.41, 5.74) is 9.16. The fourth-order valence-electron chi connectivity index (χ4n) is 7.43. The number of hydrogen-bond acceptors (Lipinski definition) is 6. The molecule has 1 aromatic rings. The van der Waals surface area contributed by atoms with E-state index in [0.717, 1.165) is 130 Å². The number of ether oxygens (including phenoxy) is 2. The molecule has 0 aromatic heterocycles. The van der Waals surface area contributed by atoms with Crippen LogP contribution in [0.15, 0.2) is 170 Å². The van der Waals surface area contributed by atoms with Gasteiger partial charge in [0.15, 0.2) is 0 Å². The molecule has 0 radical (unpaired) electrons. The third-order valence-electron chi connectivity index (χ3n) is 11.3. The van der Waals surface area contributed by atoms with Gasteiger partial charge in [-0.25, -0.2) is 9.59 Å². The molecule has 0 spiro atoms. The fourth-order valence-corrected chi connectivity index (χ4v) is 7.43. The van der Waals surface area contributed by atoms with E-state index in [9.17, 15) is 14.4 Å². The topological polar surface area (TPSA) is 89.9 Å². The van der Waals surface area contributed by atoms with Crippen molar-refractivity contribution in [1.29, 1.82) is 0 Å². The van der Waals surface area contributed by atoms with E-state index in [1.807, 2.05) is 67.7 Å². The predicted octanol–water partition coefficient (Wildman–Crippen LogP) is 13.4. The van der Waals surface area contributed by atoms with E-state index in [1.54, 1.807) is 18.2 Å². The van der Waals surface area contributed by atoms with Crippen molar-refractivity contribution in [2.75, 3.05) is 19.8 Å². The fraction of sp³-hybridized carbons (Fsp3) is 0.375. The number of aliphatic hydroxyl groups excluding tert-OH is 1. The highest BCUT2D eigenvalue weighted by Gasteiger charge is 2.21. The summed E-state index contributed by atoms with van der Waals surface area (Å²) in [6.07, 6.45) is 34.3. The molecule has 0 fully saturated rings. The maximum absolute atomic E-state index is 13.2. The quantitative estimate of drug-likeness (QED) is 0.0273. The number of aliphatic hydroxyl groups is 1. The smallest absolute Gasteiger partial charge is 0.337 e. The van der Waals surface area contributed by atoms with E-state index in [4.69, 9.17) is 14.6 Å². The van der Waals surface area contributed by atoms with Crippen molar-refractivity contribution in [3.05, 3.63) is 181 Å². The molecule has 2 atom stereocenters. The summed E-state index contributed by atoms with van der Waals surface area (Å²) in [5.74, 6) is -0.483. The molecule has 3 rings (SSSR count). The number of carbonyl (C=O) groups excluding carboxylic acids is 3. The van der Waals surface area contributed by atoms with Crippen molar-refractivity contribution in [1.82, 2.24) is 0 Å². The number of unbranched alkanes of at least 4 members (excludes halogenated alkanes) is 6. The standard InChI is InChI=1S/C56H70O6/c1-8-12-14-20-34-61-55(59)50-31-32-51(56(60)62-35-21-15-13-9-2)39-54(38-50)47(11-4)26-25-44(7)48-27-29-49(30-28-48)53-37-45(41-58)36-52(40-53)43(6)22-16-17-24-46(10-3)42(5)23-18-19-33-57/h8-11,25-31,36-39,41,46,52,57H,1-3,5-7,12-24,32-35,40H2,4H3/b26-25-,47-11+. The Morgan fingerprint density at radius 2 is 1.48 bits per heavy atom. The monoisotopic (exact) mass is 839 g/mol. The lowest BCUT2D eigenvalue weighted by Crippen LogP contribution is -2.09. The van der Waals surface area contributed by atoms with E-state index in [2.05, 4.69) is 51.6 Å². The number of carbonyl (C=O) groups is 3. The van der Waals surface area contributed by atoms with E-state index in [-0.39, 0.29) is 24.9 Å². The van der Waals surface area contributed by atoms with Crippen LogP contribution >= 0.6 is 0 Å². The second-order valence-electron chi connectivity index (χ2n) is 16.0. The lowest BCUT2D eigenvalue weighted by molar-refractivity contribution is -0.140.